The molecule has 2 aromatic heterocycles. The quantitative estimate of drug-likeness (QED) is 0.417. The Hall–Kier alpha value is -3.47. The number of ether oxygens (including phenoxy) is 1. The van der Waals surface area contributed by atoms with Gasteiger partial charge in [0.2, 0.25) is 0 Å². The lowest BCUT2D eigenvalue weighted by Crippen LogP contribution is -1.85. The van der Waals surface area contributed by atoms with E-state index in [0.29, 0.717) is 0 Å². The lowest BCUT2D eigenvalue weighted by molar-refractivity contribution is 0.483. The van der Waals surface area contributed by atoms with E-state index in [9.17, 15) is 0 Å². The molecule has 0 aliphatic rings. The minimum atomic E-state index is 0.744. The van der Waals surface area contributed by atoms with Gasteiger partial charge in [-0.3, -0.25) is 4.40 Å². The van der Waals surface area contributed by atoms with E-state index in [2.05, 4.69) is 15.2 Å². The summed E-state index contributed by atoms with van der Waals surface area (Å²) in [5, 5.41) is 8.75. The van der Waals surface area contributed by atoms with E-state index >= 15 is 0 Å². The van der Waals surface area contributed by atoms with Crippen LogP contribution in [0.25, 0.3) is 5.65 Å². The molecule has 0 N–H and O–H groups in total. The number of azo groups is 1. The number of rotatable bonds is 4. The van der Waals surface area contributed by atoms with Crippen LogP contribution in [0.3, 0.4) is 0 Å². The fourth-order valence-electron chi connectivity index (χ4n) is 2.74. The number of para-hydroxylation sites is 1. The maximum absolute atomic E-state index is 5.79. The maximum atomic E-state index is 5.79. The van der Waals surface area contributed by atoms with E-state index < -0.39 is 0 Å². The van der Waals surface area contributed by atoms with E-state index in [1.165, 1.54) is 0 Å². The third-order valence-corrected chi connectivity index (χ3v) is 4.06. The second-order valence-electron chi connectivity index (χ2n) is 6.01. The van der Waals surface area contributed by atoms with Crippen LogP contribution >= 0.6 is 0 Å². The molecule has 0 amide bonds. The highest BCUT2D eigenvalue weighted by atomic mass is 16.5. The van der Waals surface area contributed by atoms with Gasteiger partial charge in [-0.15, -0.1) is 10.2 Å². The van der Waals surface area contributed by atoms with Gasteiger partial charge in [-0.25, -0.2) is 4.98 Å². The predicted octanol–water partition coefficient (Wildman–Crippen LogP) is 6.16. The molecule has 128 valence electrons. The number of aromatic nitrogens is 2. The van der Waals surface area contributed by atoms with Crippen molar-refractivity contribution in [1.29, 1.82) is 0 Å². The minimum absolute atomic E-state index is 0.744. The van der Waals surface area contributed by atoms with Crippen molar-refractivity contribution in [3.63, 3.8) is 0 Å². The molecule has 0 radical (unpaired) electrons. The van der Waals surface area contributed by atoms with Crippen LogP contribution in [0, 0.1) is 13.8 Å². The summed E-state index contributed by atoms with van der Waals surface area (Å²) in [6, 6.07) is 21.2. The fraction of sp³-hybridized carbons (Fsp3) is 0.0952. The fourth-order valence-corrected chi connectivity index (χ4v) is 2.74. The first-order chi connectivity index (χ1) is 12.7. The maximum Gasteiger partial charge on any atom is 0.182 e. The van der Waals surface area contributed by atoms with Crippen molar-refractivity contribution in [2.75, 3.05) is 0 Å². The number of aryl methyl sites for hydroxylation is 2. The van der Waals surface area contributed by atoms with Gasteiger partial charge < -0.3 is 4.74 Å². The molecule has 2 aromatic carbocycles. The van der Waals surface area contributed by atoms with Gasteiger partial charge in [0.1, 0.15) is 17.1 Å². The molecular weight excluding hydrogens is 324 g/mol. The van der Waals surface area contributed by atoms with Crippen molar-refractivity contribution >= 4 is 17.2 Å². The Morgan fingerprint density at radius 1 is 0.808 bits per heavy atom. The predicted molar refractivity (Wildman–Crippen MR) is 102 cm³/mol. The first-order valence-electron chi connectivity index (χ1n) is 8.40. The number of fused-ring (bicyclic) bond motifs is 1. The Balaban J connectivity index is 1.56. The molecule has 0 aliphatic heterocycles. The highest BCUT2D eigenvalue weighted by molar-refractivity contribution is 5.56. The van der Waals surface area contributed by atoms with Gasteiger partial charge in [-0.2, -0.15) is 0 Å². The van der Waals surface area contributed by atoms with Crippen LogP contribution in [-0.2, 0) is 0 Å². The molecule has 4 rings (SSSR count). The van der Waals surface area contributed by atoms with Gasteiger partial charge in [0, 0.05) is 6.20 Å². The lowest BCUT2D eigenvalue weighted by Gasteiger charge is -2.04. The average Bonchev–Trinajstić information content (AvgIpc) is 2.99. The van der Waals surface area contributed by atoms with Crippen molar-refractivity contribution in [3.8, 4) is 11.5 Å². The highest BCUT2D eigenvalue weighted by Crippen LogP contribution is 2.27. The van der Waals surface area contributed by atoms with Crippen molar-refractivity contribution < 1.29 is 4.74 Å². The van der Waals surface area contributed by atoms with Crippen molar-refractivity contribution in [2.24, 2.45) is 10.2 Å². The second kappa shape index (κ2) is 6.80. The highest BCUT2D eigenvalue weighted by Gasteiger charge is 2.09. The molecule has 2 heterocycles. The van der Waals surface area contributed by atoms with E-state index in [-0.39, 0.29) is 0 Å². The smallest absolute Gasteiger partial charge is 0.182 e. The number of benzene rings is 2. The van der Waals surface area contributed by atoms with Crippen molar-refractivity contribution in [2.45, 2.75) is 13.8 Å². The molecule has 0 saturated heterocycles. The molecular formula is C21H18N4O. The van der Waals surface area contributed by atoms with Crippen LogP contribution in [0.4, 0.5) is 11.5 Å². The third kappa shape index (κ3) is 3.19. The summed E-state index contributed by atoms with van der Waals surface area (Å²) in [5.41, 5.74) is 3.63. The van der Waals surface area contributed by atoms with Crippen molar-refractivity contribution in [1.82, 2.24) is 9.38 Å². The van der Waals surface area contributed by atoms with E-state index in [1.54, 1.807) is 0 Å². The molecule has 0 unspecified atom stereocenters. The van der Waals surface area contributed by atoms with Gasteiger partial charge in [0.15, 0.2) is 5.82 Å². The molecule has 5 nitrogen and oxygen atoms in total. The number of nitrogens with zero attached hydrogens (tertiary/aromatic N) is 4. The monoisotopic (exact) mass is 342 g/mol. The first-order valence-corrected chi connectivity index (χ1v) is 8.40. The zero-order valence-corrected chi connectivity index (χ0v) is 14.6. The van der Waals surface area contributed by atoms with Gasteiger partial charge >= 0.3 is 0 Å². The van der Waals surface area contributed by atoms with Crippen LogP contribution < -0.4 is 4.74 Å². The van der Waals surface area contributed by atoms with Gasteiger partial charge in [-0.05, 0) is 61.9 Å². The van der Waals surface area contributed by atoms with E-state index in [4.69, 9.17) is 4.74 Å². The first kappa shape index (κ1) is 16.0. The molecule has 0 bridgehead atoms. The van der Waals surface area contributed by atoms with Gasteiger partial charge in [-0.1, -0.05) is 24.3 Å². The summed E-state index contributed by atoms with van der Waals surface area (Å²) in [7, 11) is 0. The SMILES string of the molecule is Cc1nc2c(C)cccn2c1N=Nc1ccc(Oc2ccccc2)cc1. The van der Waals surface area contributed by atoms with Crippen LogP contribution in [0.2, 0.25) is 0 Å². The summed E-state index contributed by atoms with van der Waals surface area (Å²) >= 11 is 0. The molecule has 26 heavy (non-hydrogen) atoms. The molecule has 0 fully saturated rings. The standard InChI is InChI=1S/C21H18N4O/c1-15-7-6-14-25-20(15)22-16(2)21(25)24-23-17-10-12-19(13-11-17)26-18-8-4-3-5-9-18/h3-14H,1-2H3. The van der Waals surface area contributed by atoms with Crippen LogP contribution in [0.5, 0.6) is 11.5 Å². The number of imidazole rings is 1. The van der Waals surface area contributed by atoms with Gasteiger partial charge in [0.05, 0.1) is 11.4 Å². The summed E-state index contributed by atoms with van der Waals surface area (Å²) < 4.78 is 7.75. The average molecular weight is 342 g/mol. The Bertz CT molecular complexity index is 1070. The summed E-state index contributed by atoms with van der Waals surface area (Å²) in [6.45, 7) is 3.98. The third-order valence-electron chi connectivity index (χ3n) is 4.06. The Kier molecular flexibility index (Phi) is 4.19. The van der Waals surface area contributed by atoms with Crippen molar-refractivity contribution in [3.05, 3.63) is 84.2 Å². The lowest BCUT2D eigenvalue weighted by atomic mass is 10.3. The van der Waals surface area contributed by atoms with Crippen LogP contribution in [0.1, 0.15) is 11.3 Å². The molecule has 4 aromatic rings. The summed E-state index contributed by atoms with van der Waals surface area (Å²) in [4.78, 5) is 4.58. The zero-order chi connectivity index (χ0) is 17.9. The summed E-state index contributed by atoms with van der Waals surface area (Å²) in [5.74, 6) is 2.31. The van der Waals surface area contributed by atoms with Gasteiger partial charge in [0.25, 0.3) is 0 Å². The second-order valence-corrected chi connectivity index (χ2v) is 6.01. The number of pyridine rings is 1. The van der Waals surface area contributed by atoms with E-state index in [1.807, 2.05) is 91.2 Å². The molecule has 5 heteroatoms. The van der Waals surface area contributed by atoms with Crippen LogP contribution in [-0.4, -0.2) is 9.38 Å². The summed E-state index contributed by atoms with van der Waals surface area (Å²) in [6.07, 6.45) is 1.95. The Morgan fingerprint density at radius 3 is 2.31 bits per heavy atom. The van der Waals surface area contributed by atoms with Crippen LogP contribution in [0.15, 0.2) is 83.2 Å². The minimum Gasteiger partial charge on any atom is -0.457 e. The molecule has 0 atom stereocenters. The van der Waals surface area contributed by atoms with E-state index in [0.717, 1.165) is 39.9 Å². The zero-order valence-electron chi connectivity index (χ0n) is 14.6. The topological polar surface area (TPSA) is 51.2 Å². The Morgan fingerprint density at radius 2 is 1.54 bits per heavy atom. The number of hydrogen-bond acceptors (Lipinski definition) is 4. The molecule has 0 aliphatic carbocycles. The Labute approximate surface area is 151 Å². The number of hydrogen-bond donors (Lipinski definition) is 0. The largest absolute Gasteiger partial charge is 0.457 e. The normalized spacial score (nSPS) is 11.3. The molecule has 0 spiro atoms. The molecule has 0 saturated carbocycles.